The summed E-state index contributed by atoms with van der Waals surface area (Å²) in [5, 5.41) is 40.1. The van der Waals surface area contributed by atoms with E-state index in [0.717, 1.165) is 32.1 Å². The van der Waals surface area contributed by atoms with E-state index < -0.39 is 43.0 Å². The number of ether oxygens (including phenoxy) is 1. The predicted molar refractivity (Wildman–Crippen MR) is 111 cm³/mol. The number of hydrogen-bond donors (Lipinski definition) is 4. The van der Waals surface area contributed by atoms with E-state index in [9.17, 15) is 25.2 Å². The molecule has 0 aromatic heterocycles. The number of aliphatic hydroxyl groups is 4. The minimum absolute atomic E-state index is 0.0848. The quantitative estimate of drug-likeness (QED) is 0.387. The zero-order valence-corrected chi connectivity index (χ0v) is 18.2. The Morgan fingerprint density at radius 2 is 1.48 bits per heavy atom. The van der Waals surface area contributed by atoms with E-state index in [1.54, 1.807) is 0 Å². The Morgan fingerprint density at radius 1 is 0.862 bits per heavy atom. The Hall–Kier alpha value is -0.530. The van der Waals surface area contributed by atoms with Gasteiger partial charge in [0.2, 0.25) is 0 Å². The van der Waals surface area contributed by atoms with Gasteiger partial charge in [-0.2, -0.15) is 0 Å². The molecule has 0 amide bonds. The standard InChI is InChI=1S/C23H42O6/c1-3-5-7-9-11-16-13-18(25)17(12-15(16)10-8-6-4-2)23-22(28)21(27)20(26)19(14-24)29-23/h15-17,19-24,26-28H,3-14H2,1-2H3. The van der Waals surface area contributed by atoms with Gasteiger partial charge in [0.15, 0.2) is 0 Å². The van der Waals surface area contributed by atoms with Crippen LogP contribution < -0.4 is 0 Å². The second-order valence-electron chi connectivity index (χ2n) is 9.17. The molecule has 2 fully saturated rings. The fraction of sp³-hybridized carbons (Fsp3) is 0.957. The molecule has 4 N–H and O–H groups in total. The number of ketones is 1. The van der Waals surface area contributed by atoms with Crippen molar-refractivity contribution < 1.29 is 30.0 Å². The molecule has 1 aliphatic carbocycles. The highest BCUT2D eigenvalue weighted by Gasteiger charge is 2.50. The molecule has 0 aromatic carbocycles. The summed E-state index contributed by atoms with van der Waals surface area (Å²) in [4.78, 5) is 13.0. The molecule has 8 unspecified atom stereocenters. The van der Waals surface area contributed by atoms with E-state index in [1.807, 2.05) is 0 Å². The van der Waals surface area contributed by atoms with Gasteiger partial charge in [0, 0.05) is 12.3 Å². The minimum atomic E-state index is -1.41. The highest BCUT2D eigenvalue weighted by Crippen LogP contribution is 2.42. The molecule has 1 saturated carbocycles. The smallest absolute Gasteiger partial charge is 0.138 e. The van der Waals surface area contributed by atoms with Crippen molar-refractivity contribution >= 4 is 5.78 Å². The number of unbranched alkanes of at least 4 members (excludes halogenated alkanes) is 5. The molecule has 0 aromatic rings. The molecule has 29 heavy (non-hydrogen) atoms. The topological polar surface area (TPSA) is 107 Å². The van der Waals surface area contributed by atoms with Gasteiger partial charge in [0.1, 0.15) is 30.2 Å². The third-order valence-corrected chi connectivity index (χ3v) is 7.03. The first-order valence-corrected chi connectivity index (χ1v) is 11.8. The van der Waals surface area contributed by atoms with Gasteiger partial charge in [0.25, 0.3) is 0 Å². The van der Waals surface area contributed by atoms with Gasteiger partial charge in [-0.1, -0.05) is 65.2 Å². The Balaban J connectivity index is 2.07. The average Bonchev–Trinajstić information content (AvgIpc) is 2.71. The SMILES string of the molecule is CCCCCCC1CC(=O)C(C2OC(CO)C(O)C(O)C2O)CC1CCCCC. The molecule has 2 rings (SSSR count). The molecule has 0 bridgehead atoms. The monoisotopic (exact) mass is 414 g/mol. The van der Waals surface area contributed by atoms with Crippen molar-refractivity contribution in [2.75, 3.05) is 6.61 Å². The van der Waals surface area contributed by atoms with Gasteiger partial charge in [-0.3, -0.25) is 4.79 Å². The summed E-state index contributed by atoms with van der Waals surface area (Å²) in [5.41, 5.74) is 0. The predicted octanol–water partition coefficient (Wildman–Crippen LogP) is 2.59. The van der Waals surface area contributed by atoms with Crippen LogP contribution in [0, 0.1) is 17.8 Å². The van der Waals surface area contributed by atoms with Gasteiger partial charge in [-0.05, 0) is 24.7 Å². The van der Waals surface area contributed by atoms with Crippen LogP contribution in [0.25, 0.3) is 0 Å². The highest BCUT2D eigenvalue weighted by atomic mass is 16.5. The lowest BCUT2D eigenvalue weighted by molar-refractivity contribution is -0.242. The van der Waals surface area contributed by atoms with Gasteiger partial charge in [0.05, 0.1) is 12.7 Å². The zero-order chi connectivity index (χ0) is 21.4. The first-order chi connectivity index (χ1) is 13.9. The molecular formula is C23H42O6. The van der Waals surface area contributed by atoms with Crippen molar-refractivity contribution in [2.24, 2.45) is 17.8 Å². The number of hydrogen-bond acceptors (Lipinski definition) is 6. The summed E-state index contributed by atoms with van der Waals surface area (Å²) in [6.07, 6.45) is 5.65. The maximum atomic E-state index is 13.0. The second kappa shape index (κ2) is 12.4. The zero-order valence-electron chi connectivity index (χ0n) is 18.2. The summed E-state index contributed by atoms with van der Waals surface area (Å²) in [5.74, 6) is 0.400. The number of Topliss-reactive ketones (excluding diaryl/α,β-unsaturated/α-hetero) is 1. The van der Waals surface area contributed by atoms with Gasteiger partial charge >= 0.3 is 0 Å². The van der Waals surface area contributed by atoms with E-state index in [4.69, 9.17) is 4.74 Å². The summed E-state index contributed by atoms with van der Waals surface area (Å²) in [6.45, 7) is 3.93. The summed E-state index contributed by atoms with van der Waals surface area (Å²) < 4.78 is 5.73. The third-order valence-electron chi connectivity index (χ3n) is 7.03. The van der Waals surface area contributed by atoms with Crippen molar-refractivity contribution in [2.45, 2.75) is 115 Å². The number of rotatable bonds is 11. The van der Waals surface area contributed by atoms with Gasteiger partial charge in [-0.15, -0.1) is 0 Å². The molecule has 2 aliphatic rings. The Labute approximate surface area is 175 Å². The molecule has 1 saturated heterocycles. The fourth-order valence-electron chi connectivity index (χ4n) is 5.19. The van der Waals surface area contributed by atoms with Crippen LogP contribution in [0.1, 0.15) is 84.5 Å². The summed E-state index contributed by atoms with van der Waals surface area (Å²) in [7, 11) is 0. The van der Waals surface area contributed by atoms with Crippen molar-refractivity contribution in [1.82, 2.24) is 0 Å². The van der Waals surface area contributed by atoms with Gasteiger partial charge < -0.3 is 25.2 Å². The van der Waals surface area contributed by atoms with Gasteiger partial charge in [-0.25, -0.2) is 0 Å². The molecule has 1 aliphatic heterocycles. The van der Waals surface area contributed by atoms with Crippen molar-refractivity contribution in [3.05, 3.63) is 0 Å². The second-order valence-corrected chi connectivity index (χ2v) is 9.17. The summed E-state index contributed by atoms with van der Waals surface area (Å²) in [6, 6.07) is 0. The average molecular weight is 415 g/mol. The van der Waals surface area contributed by atoms with Crippen LogP contribution in [-0.4, -0.2) is 63.3 Å². The van der Waals surface area contributed by atoms with Crippen LogP contribution >= 0.6 is 0 Å². The lowest BCUT2D eigenvalue weighted by atomic mass is 9.67. The highest BCUT2D eigenvalue weighted by molar-refractivity contribution is 5.82. The lowest BCUT2D eigenvalue weighted by Gasteiger charge is -2.46. The van der Waals surface area contributed by atoms with E-state index >= 15 is 0 Å². The lowest BCUT2D eigenvalue weighted by Crippen LogP contribution is -2.61. The van der Waals surface area contributed by atoms with Crippen LogP contribution in [0.5, 0.6) is 0 Å². The van der Waals surface area contributed by atoms with Crippen LogP contribution in [0.3, 0.4) is 0 Å². The molecule has 1 heterocycles. The molecule has 6 nitrogen and oxygen atoms in total. The maximum absolute atomic E-state index is 13.0. The third kappa shape index (κ3) is 6.47. The first-order valence-electron chi connectivity index (χ1n) is 11.8. The summed E-state index contributed by atoms with van der Waals surface area (Å²) >= 11 is 0. The minimum Gasteiger partial charge on any atom is -0.394 e. The molecule has 0 spiro atoms. The van der Waals surface area contributed by atoms with Crippen molar-refractivity contribution in [3.63, 3.8) is 0 Å². The number of carbonyl (C=O) groups is 1. The molecule has 170 valence electrons. The van der Waals surface area contributed by atoms with E-state index in [-0.39, 0.29) is 5.78 Å². The van der Waals surface area contributed by atoms with E-state index in [2.05, 4.69) is 13.8 Å². The Kier molecular flexibility index (Phi) is 10.5. The number of carbonyl (C=O) groups excluding carboxylic acids is 1. The normalized spacial score (nSPS) is 38.3. The molecular weight excluding hydrogens is 372 g/mol. The molecule has 6 heteroatoms. The molecule has 0 radical (unpaired) electrons. The van der Waals surface area contributed by atoms with Crippen molar-refractivity contribution in [3.8, 4) is 0 Å². The van der Waals surface area contributed by atoms with Crippen LogP contribution in [0.15, 0.2) is 0 Å². The Bertz CT molecular complexity index is 482. The van der Waals surface area contributed by atoms with Crippen LogP contribution in [0.4, 0.5) is 0 Å². The van der Waals surface area contributed by atoms with E-state index in [0.29, 0.717) is 24.7 Å². The maximum Gasteiger partial charge on any atom is 0.138 e. The fourth-order valence-corrected chi connectivity index (χ4v) is 5.19. The number of aliphatic hydroxyl groups excluding tert-OH is 4. The van der Waals surface area contributed by atoms with Crippen LogP contribution in [0.2, 0.25) is 0 Å². The molecule has 8 atom stereocenters. The van der Waals surface area contributed by atoms with Crippen LogP contribution in [-0.2, 0) is 9.53 Å². The Morgan fingerprint density at radius 3 is 2.14 bits per heavy atom. The largest absolute Gasteiger partial charge is 0.394 e. The van der Waals surface area contributed by atoms with E-state index in [1.165, 1.54) is 25.7 Å². The first kappa shape index (κ1) is 24.7. The van der Waals surface area contributed by atoms with Crippen molar-refractivity contribution in [1.29, 1.82) is 0 Å².